The maximum absolute atomic E-state index is 11.1. The number of hydrogen-bond donors (Lipinski definition) is 3. The van der Waals surface area contributed by atoms with Crippen LogP contribution >= 0.6 is 0 Å². The fourth-order valence-electron chi connectivity index (χ4n) is 1.69. The van der Waals surface area contributed by atoms with E-state index in [0.29, 0.717) is 0 Å². The van der Waals surface area contributed by atoms with Crippen LogP contribution in [0.1, 0.15) is 17.5 Å². The first-order valence-electron chi connectivity index (χ1n) is 5.67. The van der Waals surface area contributed by atoms with Crippen LogP contribution in [-0.2, 0) is 16.0 Å². The van der Waals surface area contributed by atoms with Crippen molar-refractivity contribution in [3.05, 3.63) is 35.4 Å². The molecule has 1 aromatic carbocycles. The summed E-state index contributed by atoms with van der Waals surface area (Å²) >= 11 is 0. The number of aryl methyl sites for hydroxylation is 1. The molecule has 0 saturated heterocycles. The van der Waals surface area contributed by atoms with E-state index in [4.69, 9.17) is 15.9 Å². The number of carboxylic acid groups (broad SMARTS) is 2. The second-order valence-electron chi connectivity index (χ2n) is 4.41. The minimum Gasteiger partial charge on any atom is -0.481 e. The lowest BCUT2D eigenvalue weighted by molar-refractivity contribution is -0.143. The van der Waals surface area contributed by atoms with Crippen molar-refractivity contribution >= 4 is 11.9 Å². The summed E-state index contributed by atoms with van der Waals surface area (Å²) in [5, 5.41) is 17.8. The van der Waals surface area contributed by atoms with Crippen molar-refractivity contribution < 1.29 is 19.8 Å². The first-order chi connectivity index (χ1) is 8.40. The highest BCUT2D eigenvalue weighted by atomic mass is 16.4. The summed E-state index contributed by atoms with van der Waals surface area (Å²) in [4.78, 5) is 21.7. The highest BCUT2D eigenvalue weighted by Crippen LogP contribution is 2.15. The number of hydrogen-bond acceptors (Lipinski definition) is 3. The van der Waals surface area contributed by atoms with Gasteiger partial charge in [-0.25, -0.2) is 0 Å². The normalized spacial score (nSPS) is 13.9. The minimum atomic E-state index is -1.18. The van der Waals surface area contributed by atoms with Gasteiger partial charge in [0.25, 0.3) is 0 Å². The van der Waals surface area contributed by atoms with Crippen molar-refractivity contribution in [1.82, 2.24) is 0 Å². The molecule has 0 bridgehead atoms. The van der Waals surface area contributed by atoms with E-state index in [1.165, 1.54) is 0 Å². The summed E-state index contributed by atoms with van der Waals surface area (Å²) in [6, 6.07) is 6.34. The maximum Gasteiger partial charge on any atom is 0.320 e. The Morgan fingerprint density at radius 1 is 1.17 bits per heavy atom. The predicted octanol–water partition coefficient (Wildman–Crippen LogP) is 1.04. The molecule has 0 heterocycles. The highest BCUT2D eigenvalue weighted by Gasteiger charge is 2.24. The van der Waals surface area contributed by atoms with E-state index in [-0.39, 0.29) is 12.8 Å². The van der Waals surface area contributed by atoms with E-state index in [1.807, 2.05) is 31.2 Å². The zero-order valence-corrected chi connectivity index (χ0v) is 10.2. The molecule has 0 amide bonds. The maximum atomic E-state index is 11.1. The number of benzene rings is 1. The number of aliphatic carboxylic acids is 2. The highest BCUT2D eigenvalue weighted by molar-refractivity contribution is 5.76. The summed E-state index contributed by atoms with van der Waals surface area (Å²) in [6.45, 7) is 1.94. The molecule has 5 nitrogen and oxygen atoms in total. The molecule has 5 heteroatoms. The SMILES string of the molecule is Cc1ccc(C[C@H](C[C@@H](N)C(=O)O)C(=O)O)cc1. The molecule has 0 fully saturated rings. The van der Waals surface area contributed by atoms with Crippen LogP contribution in [0.15, 0.2) is 24.3 Å². The van der Waals surface area contributed by atoms with Gasteiger partial charge in [0.1, 0.15) is 6.04 Å². The summed E-state index contributed by atoms with van der Waals surface area (Å²) in [6.07, 6.45) is 0.217. The van der Waals surface area contributed by atoms with Gasteiger partial charge in [-0.1, -0.05) is 29.8 Å². The van der Waals surface area contributed by atoms with Gasteiger partial charge in [-0.2, -0.15) is 0 Å². The quantitative estimate of drug-likeness (QED) is 0.701. The Hall–Kier alpha value is -1.88. The summed E-state index contributed by atoms with van der Waals surface area (Å²) < 4.78 is 0. The molecule has 18 heavy (non-hydrogen) atoms. The standard InChI is InChI=1S/C13H17NO4/c1-8-2-4-9(5-3-8)6-10(12(15)16)7-11(14)13(17)18/h2-5,10-11H,6-7,14H2,1H3,(H,15,16)(H,17,18)/t10-,11-/m1/s1. The summed E-state index contributed by atoms with van der Waals surface area (Å²) in [5.41, 5.74) is 7.33. The zero-order valence-electron chi connectivity index (χ0n) is 10.2. The van der Waals surface area contributed by atoms with Crippen LogP contribution in [0, 0.1) is 12.8 Å². The van der Waals surface area contributed by atoms with Crippen molar-refractivity contribution in [1.29, 1.82) is 0 Å². The van der Waals surface area contributed by atoms with Crippen molar-refractivity contribution in [2.24, 2.45) is 11.7 Å². The average molecular weight is 251 g/mol. The van der Waals surface area contributed by atoms with Gasteiger partial charge < -0.3 is 15.9 Å². The molecule has 98 valence electrons. The fourth-order valence-corrected chi connectivity index (χ4v) is 1.69. The van der Waals surface area contributed by atoms with Crippen LogP contribution in [0.5, 0.6) is 0 Å². The Morgan fingerprint density at radius 3 is 2.17 bits per heavy atom. The molecule has 4 N–H and O–H groups in total. The van der Waals surface area contributed by atoms with Gasteiger partial charge in [-0.3, -0.25) is 9.59 Å². The van der Waals surface area contributed by atoms with Crippen molar-refractivity contribution in [3.63, 3.8) is 0 Å². The molecule has 0 saturated carbocycles. The van der Waals surface area contributed by atoms with Gasteiger partial charge in [-0.15, -0.1) is 0 Å². The predicted molar refractivity (Wildman–Crippen MR) is 66.2 cm³/mol. The Labute approximate surface area is 105 Å². The molecule has 1 rings (SSSR count). The van der Waals surface area contributed by atoms with E-state index < -0.39 is 23.9 Å². The van der Waals surface area contributed by atoms with Gasteiger partial charge in [-0.05, 0) is 25.3 Å². The Morgan fingerprint density at radius 2 is 1.72 bits per heavy atom. The number of carboxylic acids is 2. The lowest BCUT2D eigenvalue weighted by atomic mass is 9.93. The van der Waals surface area contributed by atoms with Crippen molar-refractivity contribution in [3.8, 4) is 0 Å². The molecule has 0 aliphatic rings. The largest absolute Gasteiger partial charge is 0.481 e. The number of carbonyl (C=O) groups is 2. The van der Waals surface area contributed by atoms with Crippen molar-refractivity contribution in [2.75, 3.05) is 0 Å². The van der Waals surface area contributed by atoms with Crippen LogP contribution < -0.4 is 5.73 Å². The number of rotatable bonds is 6. The van der Waals surface area contributed by atoms with Gasteiger partial charge in [0.2, 0.25) is 0 Å². The van der Waals surface area contributed by atoms with Crippen molar-refractivity contribution in [2.45, 2.75) is 25.8 Å². The molecule has 1 aromatic rings. The third kappa shape index (κ3) is 4.18. The first-order valence-corrected chi connectivity index (χ1v) is 5.67. The fraction of sp³-hybridized carbons (Fsp3) is 0.385. The van der Waals surface area contributed by atoms with Crippen LogP contribution in [0.25, 0.3) is 0 Å². The topological polar surface area (TPSA) is 101 Å². The van der Waals surface area contributed by atoms with E-state index >= 15 is 0 Å². The molecular weight excluding hydrogens is 234 g/mol. The average Bonchev–Trinajstić information content (AvgIpc) is 2.30. The second kappa shape index (κ2) is 6.16. The van der Waals surface area contributed by atoms with Gasteiger partial charge in [0, 0.05) is 0 Å². The molecule has 0 aliphatic heterocycles. The zero-order chi connectivity index (χ0) is 13.7. The monoisotopic (exact) mass is 251 g/mol. The van der Waals surface area contributed by atoms with Gasteiger partial charge in [0.05, 0.1) is 5.92 Å². The molecule has 0 aliphatic carbocycles. The Bertz CT molecular complexity index is 427. The molecule has 0 spiro atoms. The minimum absolute atomic E-state index is 0.0709. The lowest BCUT2D eigenvalue weighted by Crippen LogP contribution is -2.35. The lowest BCUT2D eigenvalue weighted by Gasteiger charge is -2.15. The second-order valence-corrected chi connectivity index (χ2v) is 4.41. The molecule has 0 radical (unpaired) electrons. The molecule has 2 atom stereocenters. The van der Waals surface area contributed by atoms with E-state index in [9.17, 15) is 9.59 Å². The summed E-state index contributed by atoms with van der Waals surface area (Å²) in [5.74, 6) is -2.98. The first kappa shape index (κ1) is 14.2. The van der Waals surface area contributed by atoms with E-state index in [2.05, 4.69) is 0 Å². The van der Waals surface area contributed by atoms with Gasteiger partial charge in [0.15, 0.2) is 0 Å². The third-order valence-electron chi connectivity index (χ3n) is 2.81. The Kier molecular flexibility index (Phi) is 4.85. The van der Waals surface area contributed by atoms with Crippen LogP contribution in [0.3, 0.4) is 0 Å². The molecular formula is C13H17NO4. The molecule has 0 aromatic heterocycles. The van der Waals surface area contributed by atoms with Crippen LogP contribution in [-0.4, -0.2) is 28.2 Å². The van der Waals surface area contributed by atoms with Crippen LogP contribution in [0.2, 0.25) is 0 Å². The van der Waals surface area contributed by atoms with E-state index in [0.717, 1.165) is 11.1 Å². The third-order valence-corrected chi connectivity index (χ3v) is 2.81. The van der Waals surface area contributed by atoms with Crippen LogP contribution in [0.4, 0.5) is 0 Å². The van der Waals surface area contributed by atoms with Gasteiger partial charge >= 0.3 is 11.9 Å². The summed E-state index contributed by atoms with van der Waals surface area (Å²) in [7, 11) is 0. The Balaban J connectivity index is 2.71. The van der Waals surface area contributed by atoms with E-state index in [1.54, 1.807) is 0 Å². The smallest absolute Gasteiger partial charge is 0.320 e. The number of nitrogens with two attached hydrogens (primary N) is 1. The molecule has 0 unspecified atom stereocenters.